The van der Waals surface area contributed by atoms with E-state index >= 15 is 0 Å². The minimum atomic E-state index is -0.754. The molecule has 3 nitrogen and oxygen atoms in total. The van der Waals surface area contributed by atoms with Crippen LogP contribution in [0, 0.1) is 11.7 Å². The molecule has 0 saturated heterocycles. The Morgan fingerprint density at radius 3 is 2.78 bits per heavy atom. The van der Waals surface area contributed by atoms with Crippen LogP contribution >= 0.6 is 0 Å². The van der Waals surface area contributed by atoms with Crippen LogP contribution in [0.15, 0.2) is 28.7 Å². The molecular weight excluding hydrogens is 233 g/mol. The number of para-hydroxylation sites is 1. The Bertz CT molecular complexity index is 521. The molecule has 4 heteroatoms. The molecule has 0 aliphatic heterocycles. The number of rotatable bonds is 5. The molecule has 0 amide bonds. The number of hydrogen-bond acceptors (Lipinski definition) is 3. The van der Waals surface area contributed by atoms with E-state index in [1.807, 2.05) is 0 Å². The van der Waals surface area contributed by atoms with Crippen molar-refractivity contribution in [2.45, 2.75) is 20.0 Å². The molecule has 2 rings (SSSR count). The third-order valence-electron chi connectivity index (χ3n) is 2.73. The van der Waals surface area contributed by atoms with E-state index < -0.39 is 11.9 Å². The highest BCUT2D eigenvalue weighted by Gasteiger charge is 2.14. The van der Waals surface area contributed by atoms with Gasteiger partial charge in [-0.3, -0.25) is 0 Å². The number of halogens is 1. The van der Waals surface area contributed by atoms with Crippen LogP contribution in [-0.4, -0.2) is 18.2 Å². The van der Waals surface area contributed by atoms with Gasteiger partial charge in [0.05, 0.1) is 0 Å². The molecule has 1 unspecified atom stereocenters. The first-order valence-electron chi connectivity index (χ1n) is 6.14. The second-order valence-corrected chi connectivity index (χ2v) is 4.87. The molecule has 1 heterocycles. The van der Waals surface area contributed by atoms with Gasteiger partial charge < -0.3 is 14.8 Å². The highest BCUT2D eigenvalue weighted by atomic mass is 19.1. The molecule has 0 spiro atoms. The lowest BCUT2D eigenvalue weighted by molar-refractivity contribution is 0.148. The Labute approximate surface area is 106 Å². The smallest absolute Gasteiger partial charge is 0.170 e. The number of aliphatic hydroxyl groups excluding tert-OH is 1. The lowest BCUT2D eigenvalue weighted by Gasteiger charge is -2.10. The Balaban J connectivity index is 2.08. The van der Waals surface area contributed by atoms with E-state index in [4.69, 9.17) is 4.42 Å². The summed E-state index contributed by atoms with van der Waals surface area (Å²) >= 11 is 0. The van der Waals surface area contributed by atoms with Crippen LogP contribution in [0.2, 0.25) is 0 Å². The van der Waals surface area contributed by atoms with Gasteiger partial charge in [-0.15, -0.1) is 0 Å². The van der Waals surface area contributed by atoms with Crippen LogP contribution in [0.4, 0.5) is 4.39 Å². The summed E-state index contributed by atoms with van der Waals surface area (Å²) in [7, 11) is 0. The van der Waals surface area contributed by atoms with E-state index in [2.05, 4.69) is 19.2 Å². The summed E-state index contributed by atoms with van der Waals surface area (Å²) in [6.07, 6.45) is -0.754. The van der Waals surface area contributed by atoms with Gasteiger partial charge in [0.1, 0.15) is 11.9 Å². The van der Waals surface area contributed by atoms with Gasteiger partial charge in [0.25, 0.3) is 0 Å². The topological polar surface area (TPSA) is 45.4 Å². The second kappa shape index (κ2) is 5.50. The van der Waals surface area contributed by atoms with Gasteiger partial charge in [-0.2, -0.15) is 0 Å². The first-order chi connectivity index (χ1) is 8.58. The molecule has 2 N–H and O–H groups in total. The van der Waals surface area contributed by atoms with Crippen LogP contribution in [0.5, 0.6) is 0 Å². The summed E-state index contributed by atoms with van der Waals surface area (Å²) < 4.78 is 18.8. The fraction of sp³-hybridized carbons (Fsp3) is 0.429. The van der Waals surface area contributed by atoms with Gasteiger partial charge in [-0.1, -0.05) is 26.0 Å². The summed E-state index contributed by atoms with van der Waals surface area (Å²) in [5.41, 5.74) is 0.204. The third-order valence-corrected chi connectivity index (χ3v) is 2.73. The zero-order valence-corrected chi connectivity index (χ0v) is 10.6. The van der Waals surface area contributed by atoms with E-state index in [0.29, 0.717) is 23.6 Å². The quantitative estimate of drug-likeness (QED) is 0.859. The largest absolute Gasteiger partial charge is 0.455 e. The molecule has 2 aromatic rings. The first kappa shape index (κ1) is 13.1. The maximum Gasteiger partial charge on any atom is 0.170 e. The molecule has 0 saturated carbocycles. The monoisotopic (exact) mass is 251 g/mol. The molecular formula is C14H18FNO2. The van der Waals surface area contributed by atoms with Gasteiger partial charge in [0.15, 0.2) is 11.4 Å². The van der Waals surface area contributed by atoms with Crippen molar-refractivity contribution in [3.63, 3.8) is 0 Å². The van der Waals surface area contributed by atoms with Crippen LogP contribution in [0.3, 0.4) is 0 Å². The van der Waals surface area contributed by atoms with Gasteiger partial charge in [0.2, 0.25) is 0 Å². The van der Waals surface area contributed by atoms with Crippen molar-refractivity contribution in [2.24, 2.45) is 5.92 Å². The van der Waals surface area contributed by atoms with Gasteiger partial charge in [0, 0.05) is 11.9 Å². The molecule has 0 fully saturated rings. The summed E-state index contributed by atoms with van der Waals surface area (Å²) in [6, 6.07) is 6.42. The fourth-order valence-corrected chi connectivity index (χ4v) is 1.82. The van der Waals surface area contributed by atoms with Gasteiger partial charge in [-0.05, 0) is 24.6 Å². The summed E-state index contributed by atoms with van der Waals surface area (Å²) in [5, 5.41) is 13.8. The van der Waals surface area contributed by atoms with Crippen molar-refractivity contribution in [1.29, 1.82) is 0 Å². The second-order valence-electron chi connectivity index (χ2n) is 4.87. The highest BCUT2D eigenvalue weighted by molar-refractivity contribution is 5.78. The van der Waals surface area contributed by atoms with Crippen LogP contribution in [-0.2, 0) is 0 Å². The normalized spacial score (nSPS) is 13.4. The number of aliphatic hydroxyl groups is 1. The zero-order chi connectivity index (χ0) is 13.1. The maximum atomic E-state index is 13.4. The predicted octanol–water partition coefficient (Wildman–Crippen LogP) is 2.85. The molecule has 0 radical (unpaired) electrons. The number of fused-ring (bicyclic) bond motifs is 1. The maximum absolute atomic E-state index is 13.4. The van der Waals surface area contributed by atoms with E-state index in [1.54, 1.807) is 18.2 Å². The van der Waals surface area contributed by atoms with E-state index in [0.717, 1.165) is 6.54 Å². The molecule has 1 aromatic carbocycles. The zero-order valence-electron chi connectivity index (χ0n) is 10.6. The van der Waals surface area contributed by atoms with Crippen molar-refractivity contribution in [3.05, 3.63) is 35.8 Å². The number of hydrogen-bond donors (Lipinski definition) is 2. The van der Waals surface area contributed by atoms with Crippen molar-refractivity contribution < 1.29 is 13.9 Å². The Hall–Kier alpha value is -1.39. The molecule has 0 bridgehead atoms. The molecule has 1 aromatic heterocycles. The summed E-state index contributed by atoms with van der Waals surface area (Å²) in [4.78, 5) is 0. The minimum Gasteiger partial charge on any atom is -0.455 e. The Kier molecular flexibility index (Phi) is 3.99. The summed E-state index contributed by atoms with van der Waals surface area (Å²) in [6.45, 7) is 5.41. The summed E-state index contributed by atoms with van der Waals surface area (Å²) in [5.74, 6) is 0.512. The minimum absolute atomic E-state index is 0.204. The molecule has 98 valence electrons. The lowest BCUT2D eigenvalue weighted by atomic mass is 10.2. The molecule has 18 heavy (non-hydrogen) atoms. The van der Waals surface area contributed by atoms with Crippen molar-refractivity contribution >= 4 is 11.0 Å². The number of nitrogens with one attached hydrogen (secondary N) is 1. The molecule has 1 atom stereocenters. The number of benzene rings is 1. The van der Waals surface area contributed by atoms with Crippen LogP contribution in [0.1, 0.15) is 25.7 Å². The molecule has 0 aliphatic rings. The fourth-order valence-electron chi connectivity index (χ4n) is 1.82. The Morgan fingerprint density at radius 1 is 1.33 bits per heavy atom. The van der Waals surface area contributed by atoms with E-state index in [-0.39, 0.29) is 5.58 Å². The van der Waals surface area contributed by atoms with Crippen molar-refractivity contribution in [2.75, 3.05) is 13.1 Å². The van der Waals surface area contributed by atoms with E-state index in [9.17, 15) is 9.50 Å². The first-order valence-corrected chi connectivity index (χ1v) is 6.14. The third kappa shape index (κ3) is 2.89. The van der Waals surface area contributed by atoms with Crippen molar-refractivity contribution in [3.8, 4) is 0 Å². The van der Waals surface area contributed by atoms with Crippen LogP contribution in [0.25, 0.3) is 11.0 Å². The van der Waals surface area contributed by atoms with E-state index in [1.165, 1.54) is 6.07 Å². The predicted molar refractivity (Wildman–Crippen MR) is 68.8 cm³/mol. The molecule has 0 aliphatic carbocycles. The van der Waals surface area contributed by atoms with Crippen LogP contribution < -0.4 is 5.32 Å². The average Bonchev–Trinajstić information content (AvgIpc) is 2.74. The Morgan fingerprint density at radius 2 is 2.11 bits per heavy atom. The van der Waals surface area contributed by atoms with Crippen molar-refractivity contribution in [1.82, 2.24) is 5.32 Å². The standard InChI is InChI=1S/C14H18FNO2/c1-9(2)7-16-8-12(17)13-6-10-4-3-5-11(15)14(10)18-13/h3-6,9,12,16-17H,7-8H2,1-2H3. The average molecular weight is 251 g/mol. The SMILES string of the molecule is CC(C)CNCC(O)c1cc2cccc(F)c2o1. The van der Waals surface area contributed by atoms with Gasteiger partial charge in [-0.25, -0.2) is 4.39 Å². The number of furan rings is 1. The highest BCUT2D eigenvalue weighted by Crippen LogP contribution is 2.25. The lowest BCUT2D eigenvalue weighted by Crippen LogP contribution is -2.25. The van der Waals surface area contributed by atoms with Gasteiger partial charge >= 0.3 is 0 Å².